The Kier molecular flexibility index (Phi) is 13.2. The summed E-state index contributed by atoms with van der Waals surface area (Å²) in [6, 6.07) is 121. The van der Waals surface area contributed by atoms with Crippen molar-refractivity contribution in [3.05, 3.63) is 340 Å². The molecule has 0 radical (unpaired) electrons. The molecule has 0 N–H and O–H groups in total. The second-order valence-electron chi connectivity index (χ2n) is 26.0. The van der Waals surface area contributed by atoms with Gasteiger partial charge in [0.25, 0.3) is 0 Å². The second-order valence-corrected chi connectivity index (χ2v) is 28.1. The van der Waals surface area contributed by atoms with Gasteiger partial charge in [-0.3, -0.25) is 9.13 Å². The maximum atomic E-state index is 5.45. The minimum atomic E-state index is 0.699. The Morgan fingerprint density at radius 1 is 0.225 bits per heavy atom. The molecule has 0 aliphatic heterocycles. The molecule has 0 atom stereocenters. The Morgan fingerprint density at radius 2 is 0.627 bits per heavy atom. The Balaban J connectivity index is 0.000000133. The lowest BCUT2D eigenvalue weighted by atomic mass is 10.1. The zero-order chi connectivity index (χ0) is 66.9. The number of benzene rings is 14. The number of hydrogen-bond acceptors (Lipinski definition) is 6. The fraction of sp³-hybridized carbons (Fsp3) is 0. The molecule has 0 saturated heterocycles. The highest BCUT2D eigenvalue weighted by atomic mass is 32.1. The van der Waals surface area contributed by atoms with E-state index in [9.17, 15) is 0 Å². The van der Waals surface area contributed by atoms with Crippen LogP contribution >= 0.6 is 22.7 Å². The molecule has 0 bridgehead atoms. The van der Waals surface area contributed by atoms with E-state index in [0.717, 1.165) is 78.7 Å². The lowest BCUT2D eigenvalue weighted by Crippen LogP contribution is -2.02. The van der Waals surface area contributed by atoms with Gasteiger partial charge in [0.2, 0.25) is 0 Å². The second kappa shape index (κ2) is 23.3. The monoisotopic (exact) mass is 1340 g/mol. The van der Waals surface area contributed by atoms with Crippen molar-refractivity contribution in [2.75, 3.05) is 0 Å². The predicted octanol–water partition coefficient (Wildman–Crippen LogP) is 24.7. The van der Waals surface area contributed by atoms with Crippen molar-refractivity contribution in [2.24, 2.45) is 0 Å². The minimum Gasteiger partial charge on any atom is -0.309 e. The fourth-order valence-electron chi connectivity index (χ4n) is 15.8. The van der Waals surface area contributed by atoms with Crippen LogP contribution in [0.15, 0.2) is 340 Å². The molecular formula is C92H56N8S2. The summed E-state index contributed by atoms with van der Waals surface area (Å²) in [6.45, 7) is 0. The van der Waals surface area contributed by atoms with Gasteiger partial charge in [-0.05, 0) is 84.9 Å². The zero-order valence-corrected chi connectivity index (χ0v) is 56.4. The highest BCUT2D eigenvalue weighted by Crippen LogP contribution is 2.47. The SMILES string of the molecule is c1ccc(-c2cc(-n3c4ccccc4c4c3ccc3c5ccccc5n(-c5ccccc5)c34)nc(-c3cccc4c3sc3ccccc34)n2)cc1.c1ccc(-c2nc(-c3ccc4c(c3)sc3ccccc34)cc(-n3c4ccccc4c4c3ccc3c5ccccc5n(-c5ccccc5)c34)n2)cc1. The lowest BCUT2D eigenvalue weighted by Gasteiger charge is -2.13. The molecular weight excluding hydrogens is 1280 g/mol. The van der Waals surface area contributed by atoms with E-state index in [1.807, 2.05) is 29.5 Å². The summed E-state index contributed by atoms with van der Waals surface area (Å²) in [5, 5.41) is 14.8. The summed E-state index contributed by atoms with van der Waals surface area (Å²) in [6.07, 6.45) is 0. The molecule has 0 unspecified atom stereocenters. The van der Waals surface area contributed by atoms with Crippen LogP contribution in [0.25, 0.3) is 196 Å². The molecule has 0 spiro atoms. The quantitative estimate of drug-likeness (QED) is 0.152. The van der Waals surface area contributed by atoms with Crippen molar-refractivity contribution in [2.45, 2.75) is 0 Å². The van der Waals surface area contributed by atoms with E-state index in [4.69, 9.17) is 19.9 Å². The number of rotatable bonds is 8. The number of para-hydroxylation sites is 6. The largest absolute Gasteiger partial charge is 0.309 e. The summed E-state index contributed by atoms with van der Waals surface area (Å²) < 4.78 is 14.5. The first-order valence-electron chi connectivity index (χ1n) is 34.4. The third-order valence-corrected chi connectivity index (χ3v) is 22.6. The third kappa shape index (κ3) is 9.06. The summed E-state index contributed by atoms with van der Waals surface area (Å²) in [7, 11) is 0. The van der Waals surface area contributed by atoms with Crippen LogP contribution in [0.4, 0.5) is 0 Å². The maximum Gasteiger partial charge on any atom is 0.163 e. The maximum absolute atomic E-state index is 5.45. The van der Waals surface area contributed by atoms with Crippen molar-refractivity contribution in [1.82, 2.24) is 38.2 Å². The molecule has 14 aromatic carbocycles. The summed E-state index contributed by atoms with van der Waals surface area (Å²) in [5.74, 6) is 3.09. The summed E-state index contributed by atoms with van der Waals surface area (Å²) in [5.41, 5.74) is 17.4. The Morgan fingerprint density at radius 3 is 1.19 bits per heavy atom. The molecule has 22 rings (SSSR count). The van der Waals surface area contributed by atoms with Crippen LogP contribution < -0.4 is 0 Å². The van der Waals surface area contributed by atoms with Gasteiger partial charge < -0.3 is 9.13 Å². The molecule has 0 fully saturated rings. The van der Waals surface area contributed by atoms with Gasteiger partial charge in [0.15, 0.2) is 11.6 Å². The van der Waals surface area contributed by atoms with Gasteiger partial charge in [-0.15, -0.1) is 22.7 Å². The number of aromatic nitrogens is 8. The summed E-state index contributed by atoms with van der Waals surface area (Å²) >= 11 is 3.63. The normalized spacial score (nSPS) is 11.9. The molecule has 8 heterocycles. The Hall–Kier alpha value is -13.1. The van der Waals surface area contributed by atoms with Gasteiger partial charge in [-0.25, -0.2) is 19.9 Å². The van der Waals surface area contributed by atoms with Crippen molar-refractivity contribution < 1.29 is 0 Å². The average molecular weight is 1340 g/mol. The molecule has 0 aliphatic rings. The van der Waals surface area contributed by atoms with Gasteiger partial charge in [0, 0.05) is 129 Å². The van der Waals surface area contributed by atoms with Gasteiger partial charge >= 0.3 is 0 Å². The molecule has 0 amide bonds. The highest BCUT2D eigenvalue weighted by molar-refractivity contribution is 7.26. The van der Waals surface area contributed by atoms with Crippen molar-refractivity contribution in [1.29, 1.82) is 0 Å². The topological polar surface area (TPSA) is 71.3 Å². The van der Waals surface area contributed by atoms with Gasteiger partial charge in [-0.1, -0.05) is 243 Å². The number of nitrogens with zero attached hydrogens (tertiary/aromatic N) is 8. The molecule has 476 valence electrons. The van der Waals surface area contributed by atoms with Crippen molar-refractivity contribution in [3.8, 4) is 68.3 Å². The first kappa shape index (κ1) is 57.9. The van der Waals surface area contributed by atoms with Crippen molar-refractivity contribution in [3.63, 3.8) is 0 Å². The van der Waals surface area contributed by atoms with Gasteiger partial charge in [0.1, 0.15) is 11.6 Å². The van der Waals surface area contributed by atoms with E-state index < -0.39 is 0 Å². The highest BCUT2D eigenvalue weighted by Gasteiger charge is 2.26. The van der Waals surface area contributed by atoms with E-state index in [1.165, 1.54) is 106 Å². The van der Waals surface area contributed by atoms with Crippen LogP contribution in [-0.2, 0) is 0 Å². The van der Waals surface area contributed by atoms with E-state index in [-0.39, 0.29) is 0 Å². The first-order valence-corrected chi connectivity index (χ1v) is 36.0. The smallest absolute Gasteiger partial charge is 0.163 e. The lowest BCUT2D eigenvalue weighted by molar-refractivity contribution is 1.05. The van der Waals surface area contributed by atoms with Crippen LogP contribution in [0.2, 0.25) is 0 Å². The van der Waals surface area contributed by atoms with Crippen LogP contribution in [0.5, 0.6) is 0 Å². The van der Waals surface area contributed by atoms with E-state index in [2.05, 4.69) is 340 Å². The molecule has 22 aromatic rings. The standard InChI is InChI=1S/2C46H28N4S/c1-3-14-29(15-4-1)37-28-42(48-46(47-37)36-22-13-21-34-32-19-9-12-25-41(32)51-45(34)36)50-39-24-11-8-20-35(39)43-40(50)27-26-33-31-18-7-10-23-38(31)49(44(33)43)30-16-5-2-6-17-30;1-3-13-29(14-4-1)46-47-37(30-23-24-34-33-18-9-12-22-41(33)51-42(34)27-30)28-43(48-46)50-39-21-11-8-19-36(39)44-40(50)26-25-35-32-17-7-10-20-38(32)49(45(35)44)31-15-5-2-6-16-31/h2*1-28H. The molecule has 8 nitrogen and oxygen atoms in total. The van der Waals surface area contributed by atoms with Gasteiger partial charge in [-0.2, -0.15) is 0 Å². The van der Waals surface area contributed by atoms with E-state index >= 15 is 0 Å². The van der Waals surface area contributed by atoms with Crippen LogP contribution in [-0.4, -0.2) is 38.2 Å². The van der Waals surface area contributed by atoms with E-state index in [1.54, 1.807) is 11.3 Å². The zero-order valence-electron chi connectivity index (χ0n) is 54.7. The molecule has 0 aliphatic carbocycles. The average Bonchev–Trinajstić information content (AvgIpc) is 1.55. The predicted molar refractivity (Wildman–Crippen MR) is 429 cm³/mol. The van der Waals surface area contributed by atoms with E-state index in [0.29, 0.717) is 11.6 Å². The molecule has 10 heteroatoms. The number of fused-ring (bicyclic) bond motifs is 20. The molecule has 8 aromatic heterocycles. The summed E-state index contributed by atoms with van der Waals surface area (Å²) in [4.78, 5) is 21.3. The van der Waals surface area contributed by atoms with Crippen LogP contribution in [0.1, 0.15) is 0 Å². The van der Waals surface area contributed by atoms with Gasteiger partial charge in [0.05, 0.1) is 55.5 Å². The third-order valence-electron chi connectivity index (χ3n) is 20.3. The van der Waals surface area contributed by atoms with Crippen molar-refractivity contribution >= 4 is 150 Å². The molecule has 0 saturated carbocycles. The van der Waals surface area contributed by atoms with Crippen LogP contribution in [0, 0.1) is 0 Å². The Bertz CT molecular complexity index is 7120. The number of thiophene rings is 2. The first-order chi connectivity index (χ1) is 50.6. The number of hydrogen-bond donors (Lipinski definition) is 0. The minimum absolute atomic E-state index is 0.699. The fourth-order valence-corrected chi connectivity index (χ4v) is 18.2. The Labute approximate surface area is 592 Å². The molecule has 102 heavy (non-hydrogen) atoms. The van der Waals surface area contributed by atoms with Crippen LogP contribution in [0.3, 0.4) is 0 Å².